The van der Waals surface area contributed by atoms with E-state index in [9.17, 15) is 9.59 Å². The van der Waals surface area contributed by atoms with Crippen molar-refractivity contribution in [1.82, 2.24) is 0 Å². The summed E-state index contributed by atoms with van der Waals surface area (Å²) in [5, 5.41) is 0. The van der Waals surface area contributed by atoms with E-state index in [0.717, 1.165) is 16.7 Å². The second kappa shape index (κ2) is 4.83. The summed E-state index contributed by atoms with van der Waals surface area (Å²) in [6.07, 6.45) is 9.26. The summed E-state index contributed by atoms with van der Waals surface area (Å²) in [5.74, 6) is 1.14. The number of hydrogen-bond donors (Lipinski definition) is 0. The second-order valence-electron chi connectivity index (χ2n) is 5.71. The first kappa shape index (κ1) is 13.5. The fourth-order valence-electron chi connectivity index (χ4n) is 3.17. The van der Waals surface area contributed by atoms with E-state index >= 15 is 0 Å². The summed E-state index contributed by atoms with van der Waals surface area (Å²) in [5.41, 5.74) is 2.59. The molecule has 0 N–H and O–H groups in total. The van der Waals surface area contributed by atoms with Crippen molar-refractivity contribution < 1.29 is 9.59 Å². The Morgan fingerprint density at radius 3 is 2.15 bits per heavy atom. The minimum atomic E-state index is -0.826. The quantitative estimate of drug-likeness (QED) is 0.787. The van der Waals surface area contributed by atoms with E-state index in [4.69, 9.17) is 0 Å². The van der Waals surface area contributed by atoms with Gasteiger partial charge < -0.3 is 0 Å². The first-order chi connectivity index (χ1) is 9.53. The van der Waals surface area contributed by atoms with Gasteiger partial charge in [-0.2, -0.15) is 0 Å². The van der Waals surface area contributed by atoms with Gasteiger partial charge in [0, 0.05) is 5.92 Å². The van der Waals surface area contributed by atoms with Crippen molar-refractivity contribution >= 4 is 11.6 Å². The fraction of sp³-hybridized carbons (Fsp3) is 0.278. The maximum absolute atomic E-state index is 12.0. The van der Waals surface area contributed by atoms with Gasteiger partial charge in [0.05, 0.1) is 5.41 Å². The minimum absolute atomic E-state index is 0.0175. The molecule has 1 saturated carbocycles. The predicted molar refractivity (Wildman–Crippen MR) is 77.2 cm³/mol. The van der Waals surface area contributed by atoms with Crippen LogP contribution in [0, 0.1) is 37.0 Å². The molecule has 2 aliphatic rings. The Kier molecular flexibility index (Phi) is 3.27. The second-order valence-corrected chi connectivity index (χ2v) is 5.71. The number of fused-ring (bicyclic) bond motifs is 1. The Morgan fingerprint density at radius 1 is 0.950 bits per heavy atom. The zero-order chi connectivity index (χ0) is 14.3. The van der Waals surface area contributed by atoms with Crippen LogP contribution in [0.3, 0.4) is 0 Å². The molecule has 0 atom stereocenters. The number of carbonyl (C=O) groups is 2. The molecule has 2 aliphatic carbocycles. The molecule has 0 aromatic heterocycles. The van der Waals surface area contributed by atoms with Crippen molar-refractivity contribution in [3.8, 4) is 0 Å². The van der Waals surface area contributed by atoms with Crippen molar-refractivity contribution in [3.63, 3.8) is 0 Å². The zero-order valence-electron chi connectivity index (χ0n) is 11.8. The van der Waals surface area contributed by atoms with Crippen LogP contribution in [0.1, 0.15) is 30.5 Å². The maximum atomic E-state index is 12.0. The number of benzene rings is 1. The van der Waals surface area contributed by atoms with Gasteiger partial charge in [-0.1, -0.05) is 18.2 Å². The van der Waals surface area contributed by atoms with E-state index in [1.54, 1.807) is 0 Å². The molecule has 20 heavy (non-hydrogen) atoms. The van der Waals surface area contributed by atoms with Crippen LogP contribution in [0.5, 0.6) is 0 Å². The van der Waals surface area contributed by atoms with Gasteiger partial charge in [-0.3, -0.25) is 9.59 Å². The SMILES string of the molecule is CC(=O)C1(C(C)=O)Cc2ccc([C]3[CH][CH][CH][CH]3)cc2C1. The van der Waals surface area contributed by atoms with Gasteiger partial charge in [0.25, 0.3) is 0 Å². The lowest BCUT2D eigenvalue weighted by molar-refractivity contribution is -0.137. The van der Waals surface area contributed by atoms with E-state index in [1.165, 1.54) is 19.8 Å². The molecule has 0 unspecified atom stereocenters. The van der Waals surface area contributed by atoms with E-state index < -0.39 is 5.41 Å². The monoisotopic (exact) mass is 265 g/mol. The van der Waals surface area contributed by atoms with Gasteiger partial charge in [0.1, 0.15) is 11.6 Å². The lowest BCUT2D eigenvalue weighted by Gasteiger charge is -2.21. The van der Waals surface area contributed by atoms with Gasteiger partial charge in [-0.15, -0.1) is 0 Å². The van der Waals surface area contributed by atoms with Crippen LogP contribution in [-0.2, 0) is 22.4 Å². The van der Waals surface area contributed by atoms with Gasteiger partial charge >= 0.3 is 0 Å². The molecule has 1 aromatic carbocycles. The van der Waals surface area contributed by atoms with Crippen LogP contribution in [0.2, 0.25) is 0 Å². The molecule has 1 fully saturated rings. The molecular formula is C18H17O2. The summed E-state index contributed by atoms with van der Waals surface area (Å²) in [7, 11) is 0. The summed E-state index contributed by atoms with van der Waals surface area (Å²) >= 11 is 0. The third-order valence-electron chi connectivity index (χ3n) is 4.53. The van der Waals surface area contributed by atoms with E-state index in [-0.39, 0.29) is 11.6 Å². The number of ketones is 2. The normalized spacial score (nSPS) is 20.9. The molecule has 2 heteroatoms. The number of Topliss-reactive ketones (excluding diaryl/α,β-unsaturated/α-hetero) is 2. The van der Waals surface area contributed by atoms with Gasteiger partial charge in [-0.05, 0) is 69.1 Å². The summed E-state index contributed by atoms with van der Waals surface area (Å²) in [6.45, 7) is 3.07. The van der Waals surface area contributed by atoms with Crippen LogP contribution in [0.4, 0.5) is 0 Å². The third kappa shape index (κ3) is 2.02. The van der Waals surface area contributed by atoms with Crippen molar-refractivity contribution in [3.05, 3.63) is 66.5 Å². The molecule has 0 aliphatic heterocycles. The lowest BCUT2D eigenvalue weighted by atomic mass is 9.77. The highest BCUT2D eigenvalue weighted by atomic mass is 16.2. The molecule has 3 rings (SSSR count). The lowest BCUT2D eigenvalue weighted by Crippen LogP contribution is -2.37. The molecule has 2 nitrogen and oxygen atoms in total. The molecule has 0 bridgehead atoms. The summed E-state index contributed by atoms with van der Waals surface area (Å²) in [6, 6.07) is 6.26. The topological polar surface area (TPSA) is 34.1 Å². The van der Waals surface area contributed by atoms with E-state index in [0.29, 0.717) is 12.8 Å². The zero-order valence-corrected chi connectivity index (χ0v) is 11.8. The Labute approximate surface area is 120 Å². The highest BCUT2D eigenvalue weighted by Gasteiger charge is 2.45. The fourth-order valence-corrected chi connectivity index (χ4v) is 3.17. The summed E-state index contributed by atoms with van der Waals surface area (Å²) < 4.78 is 0. The van der Waals surface area contributed by atoms with Crippen molar-refractivity contribution in [2.75, 3.05) is 0 Å². The molecule has 101 valence electrons. The molecular weight excluding hydrogens is 248 g/mol. The predicted octanol–water partition coefficient (Wildman–Crippen LogP) is 2.70. The van der Waals surface area contributed by atoms with Crippen molar-refractivity contribution in [2.45, 2.75) is 26.7 Å². The Balaban J connectivity index is 1.93. The van der Waals surface area contributed by atoms with Crippen LogP contribution in [-0.4, -0.2) is 11.6 Å². The van der Waals surface area contributed by atoms with Gasteiger partial charge in [-0.25, -0.2) is 0 Å². The Morgan fingerprint density at radius 2 is 1.55 bits per heavy atom. The van der Waals surface area contributed by atoms with Crippen LogP contribution in [0.15, 0.2) is 18.2 Å². The Bertz CT molecular complexity index is 551. The molecule has 1 aromatic rings. The Hall–Kier alpha value is -1.44. The number of carbonyl (C=O) groups excluding carboxylic acids is 2. The molecule has 0 spiro atoms. The van der Waals surface area contributed by atoms with Crippen molar-refractivity contribution in [2.24, 2.45) is 5.41 Å². The largest absolute Gasteiger partial charge is 0.299 e. The smallest absolute Gasteiger partial charge is 0.144 e. The minimum Gasteiger partial charge on any atom is -0.299 e. The average molecular weight is 265 g/mol. The maximum Gasteiger partial charge on any atom is 0.144 e. The standard InChI is InChI=1S/C18H17O2/c1-12(19)18(13(2)20)10-16-8-7-15(9-17(16)11-18)14-5-3-4-6-14/h3-9H,10-11H2,1-2H3. The molecule has 5 radical (unpaired) electrons. The first-order valence-corrected chi connectivity index (χ1v) is 6.89. The first-order valence-electron chi connectivity index (χ1n) is 6.89. The number of hydrogen-bond acceptors (Lipinski definition) is 2. The third-order valence-corrected chi connectivity index (χ3v) is 4.53. The van der Waals surface area contributed by atoms with Crippen molar-refractivity contribution in [1.29, 1.82) is 0 Å². The summed E-state index contributed by atoms with van der Waals surface area (Å²) in [4.78, 5) is 23.9. The highest BCUT2D eigenvalue weighted by molar-refractivity contribution is 6.06. The average Bonchev–Trinajstić information content (AvgIpc) is 3.05. The van der Waals surface area contributed by atoms with E-state index in [1.807, 2.05) is 12.8 Å². The van der Waals surface area contributed by atoms with Crippen LogP contribution >= 0.6 is 0 Å². The molecule has 0 heterocycles. The van der Waals surface area contributed by atoms with E-state index in [2.05, 4.69) is 31.0 Å². The van der Waals surface area contributed by atoms with Crippen LogP contribution < -0.4 is 0 Å². The highest BCUT2D eigenvalue weighted by Crippen LogP contribution is 2.41. The van der Waals surface area contributed by atoms with Gasteiger partial charge in [0.2, 0.25) is 0 Å². The molecule has 0 saturated heterocycles. The van der Waals surface area contributed by atoms with Gasteiger partial charge in [0.15, 0.2) is 0 Å². The van der Waals surface area contributed by atoms with Crippen LogP contribution in [0.25, 0.3) is 0 Å². The molecule has 0 amide bonds. The number of rotatable bonds is 3.